The number of carbonyl (C=O) groups is 1. The number of anilines is 1. The second-order valence-corrected chi connectivity index (χ2v) is 3.38. The molecule has 106 valence electrons. The quantitative estimate of drug-likeness (QED) is 0.523. The molecule has 1 N–H and O–H groups in total. The number of ether oxygens (including phenoxy) is 2. The molecule has 0 spiro atoms. The van der Waals surface area contributed by atoms with E-state index >= 15 is 0 Å². The van der Waals surface area contributed by atoms with Crippen LogP contribution in [-0.4, -0.2) is 19.4 Å². The third-order valence-electron chi connectivity index (χ3n) is 2.02. The standard InChI is InChI=1S/C12H9F3N2O3/c1-19-10-4-2-9(3-5-10)17-7-8(6-16)11(18)20-12(13,14)15/h2-5,7,17H,1H3. The summed E-state index contributed by atoms with van der Waals surface area (Å²) >= 11 is 0. The number of esters is 1. The highest BCUT2D eigenvalue weighted by Crippen LogP contribution is 2.19. The lowest BCUT2D eigenvalue weighted by atomic mass is 10.3. The van der Waals surface area contributed by atoms with E-state index in [0.29, 0.717) is 11.4 Å². The number of methoxy groups -OCH3 is 1. The first-order valence-electron chi connectivity index (χ1n) is 5.16. The molecule has 0 heterocycles. The van der Waals surface area contributed by atoms with Crippen molar-refractivity contribution < 1.29 is 27.4 Å². The van der Waals surface area contributed by atoms with Crippen LogP contribution in [0.3, 0.4) is 0 Å². The van der Waals surface area contributed by atoms with Crippen molar-refractivity contribution in [2.45, 2.75) is 6.36 Å². The number of hydrogen-bond donors (Lipinski definition) is 1. The summed E-state index contributed by atoms with van der Waals surface area (Å²) in [4.78, 5) is 11.0. The molecule has 0 saturated carbocycles. The van der Waals surface area contributed by atoms with Crippen LogP contribution in [0, 0.1) is 11.3 Å². The topological polar surface area (TPSA) is 71.3 Å². The molecule has 0 aliphatic heterocycles. The Kier molecular flexibility index (Phi) is 4.97. The van der Waals surface area contributed by atoms with Crippen molar-refractivity contribution in [3.05, 3.63) is 36.0 Å². The normalized spacial score (nSPS) is 11.4. The Morgan fingerprint density at radius 2 is 1.95 bits per heavy atom. The highest BCUT2D eigenvalue weighted by Gasteiger charge is 2.35. The van der Waals surface area contributed by atoms with Crippen molar-refractivity contribution in [3.63, 3.8) is 0 Å². The van der Waals surface area contributed by atoms with E-state index in [-0.39, 0.29) is 0 Å². The lowest BCUT2D eigenvalue weighted by Crippen LogP contribution is -2.20. The first kappa shape index (κ1) is 15.4. The van der Waals surface area contributed by atoms with E-state index in [1.54, 1.807) is 24.3 Å². The Hall–Kier alpha value is -2.69. The Morgan fingerprint density at radius 3 is 2.40 bits per heavy atom. The number of alkyl halides is 3. The predicted molar refractivity (Wildman–Crippen MR) is 62.5 cm³/mol. The molecule has 1 aromatic rings. The van der Waals surface area contributed by atoms with Crippen LogP contribution in [0.4, 0.5) is 18.9 Å². The van der Waals surface area contributed by atoms with Crippen molar-refractivity contribution in [1.82, 2.24) is 0 Å². The van der Waals surface area contributed by atoms with Gasteiger partial charge in [-0.25, -0.2) is 4.79 Å². The van der Waals surface area contributed by atoms with Crippen LogP contribution in [0.25, 0.3) is 0 Å². The van der Waals surface area contributed by atoms with Gasteiger partial charge in [0.2, 0.25) is 0 Å². The fourth-order valence-electron chi connectivity index (χ4n) is 1.14. The summed E-state index contributed by atoms with van der Waals surface area (Å²) in [5.41, 5.74) is -0.350. The van der Waals surface area contributed by atoms with Gasteiger partial charge < -0.3 is 14.8 Å². The minimum absolute atomic E-state index is 0.457. The number of halogens is 3. The third kappa shape index (κ3) is 4.89. The van der Waals surface area contributed by atoms with Gasteiger partial charge in [0, 0.05) is 11.9 Å². The summed E-state index contributed by atoms with van der Waals surface area (Å²) < 4.78 is 43.5. The van der Waals surface area contributed by atoms with E-state index in [2.05, 4.69) is 10.1 Å². The highest BCUT2D eigenvalue weighted by molar-refractivity contribution is 5.93. The summed E-state index contributed by atoms with van der Waals surface area (Å²) in [7, 11) is 1.48. The van der Waals surface area contributed by atoms with Gasteiger partial charge in [-0.3, -0.25) is 0 Å². The molecule has 5 nitrogen and oxygen atoms in total. The van der Waals surface area contributed by atoms with E-state index in [4.69, 9.17) is 10.00 Å². The summed E-state index contributed by atoms with van der Waals surface area (Å²) in [5.74, 6) is -1.20. The molecule has 8 heteroatoms. The number of nitriles is 1. The lowest BCUT2D eigenvalue weighted by Gasteiger charge is -2.07. The monoisotopic (exact) mass is 286 g/mol. The molecule has 0 radical (unpaired) electrons. The molecule has 0 bridgehead atoms. The van der Waals surface area contributed by atoms with E-state index in [1.807, 2.05) is 0 Å². The molecule has 0 amide bonds. The molecular weight excluding hydrogens is 277 g/mol. The number of nitrogens with zero attached hydrogens (tertiary/aromatic N) is 1. The summed E-state index contributed by atoms with van der Waals surface area (Å²) in [6, 6.07) is 7.61. The van der Waals surface area contributed by atoms with E-state index < -0.39 is 17.9 Å². The fraction of sp³-hybridized carbons (Fsp3) is 0.167. The van der Waals surface area contributed by atoms with Gasteiger partial charge in [0.05, 0.1) is 7.11 Å². The van der Waals surface area contributed by atoms with Crippen LogP contribution in [0.1, 0.15) is 0 Å². The van der Waals surface area contributed by atoms with Crippen molar-refractivity contribution >= 4 is 11.7 Å². The number of hydrogen-bond acceptors (Lipinski definition) is 5. The van der Waals surface area contributed by atoms with Gasteiger partial charge in [0.1, 0.15) is 11.8 Å². The molecule has 0 atom stereocenters. The van der Waals surface area contributed by atoms with Gasteiger partial charge in [0.25, 0.3) is 0 Å². The average molecular weight is 286 g/mol. The van der Waals surface area contributed by atoms with Gasteiger partial charge >= 0.3 is 12.3 Å². The van der Waals surface area contributed by atoms with Gasteiger partial charge in [-0.15, -0.1) is 13.2 Å². The van der Waals surface area contributed by atoms with E-state index in [0.717, 1.165) is 6.20 Å². The minimum atomic E-state index is -5.13. The smallest absolute Gasteiger partial charge is 0.497 e. The molecule has 0 saturated heterocycles. The molecule has 0 aliphatic carbocycles. The summed E-state index contributed by atoms with van der Waals surface area (Å²) in [6.45, 7) is 0. The minimum Gasteiger partial charge on any atom is -0.497 e. The van der Waals surface area contributed by atoms with Crippen molar-refractivity contribution in [3.8, 4) is 11.8 Å². The van der Waals surface area contributed by atoms with Crippen LogP contribution in [0.15, 0.2) is 36.0 Å². The first-order chi connectivity index (χ1) is 9.35. The molecule has 0 fully saturated rings. The zero-order chi connectivity index (χ0) is 15.2. The summed E-state index contributed by atoms with van der Waals surface area (Å²) in [5, 5.41) is 11.1. The number of rotatable bonds is 4. The van der Waals surface area contributed by atoms with Gasteiger partial charge in [-0.2, -0.15) is 5.26 Å². The van der Waals surface area contributed by atoms with Crippen molar-refractivity contribution in [2.24, 2.45) is 0 Å². The van der Waals surface area contributed by atoms with Crippen molar-refractivity contribution in [2.75, 3.05) is 12.4 Å². The SMILES string of the molecule is COc1ccc(NC=C(C#N)C(=O)OC(F)(F)F)cc1. The second-order valence-electron chi connectivity index (χ2n) is 3.38. The molecule has 0 aromatic heterocycles. The Balaban J connectivity index is 2.75. The number of benzene rings is 1. The summed E-state index contributed by atoms with van der Waals surface area (Å²) in [6.07, 6.45) is -4.30. The van der Waals surface area contributed by atoms with E-state index in [1.165, 1.54) is 13.2 Å². The largest absolute Gasteiger partial charge is 0.575 e. The second kappa shape index (κ2) is 6.47. The zero-order valence-corrected chi connectivity index (χ0v) is 10.2. The Bertz CT molecular complexity index is 545. The van der Waals surface area contributed by atoms with Gasteiger partial charge in [-0.1, -0.05) is 0 Å². The first-order valence-corrected chi connectivity index (χ1v) is 5.16. The molecule has 20 heavy (non-hydrogen) atoms. The molecule has 0 aliphatic rings. The lowest BCUT2D eigenvalue weighted by molar-refractivity contribution is -0.303. The third-order valence-corrected chi connectivity index (χ3v) is 2.02. The fourth-order valence-corrected chi connectivity index (χ4v) is 1.14. The number of nitrogens with one attached hydrogen (secondary N) is 1. The van der Waals surface area contributed by atoms with E-state index in [9.17, 15) is 18.0 Å². The Labute approximate surface area is 112 Å². The molecule has 1 aromatic carbocycles. The highest BCUT2D eigenvalue weighted by atomic mass is 19.4. The van der Waals surface area contributed by atoms with Crippen LogP contribution in [0.5, 0.6) is 5.75 Å². The molecular formula is C12H9F3N2O3. The maximum Gasteiger partial charge on any atom is 0.575 e. The van der Waals surface area contributed by atoms with Crippen LogP contribution in [0.2, 0.25) is 0 Å². The van der Waals surface area contributed by atoms with Crippen molar-refractivity contribution in [1.29, 1.82) is 5.26 Å². The Morgan fingerprint density at radius 1 is 1.35 bits per heavy atom. The van der Waals surface area contributed by atoms with Gasteiger partial charge in [0.15, 0.2) is 5.57 Å². The average Bonchev–Trinajstić information content (AvgIpc) is 2.38. The molecule has 0 unspecified atom stereocenters. The van der Waals surface area contributed by atoms with Crippen LogP contribution in [-0.2, 0) is 9.53 Å². The maximum absolute atomic E-state index is 11.8. The van der Waals surface area contributed by atoms with Crippen LogP contribution >= 0.6 is 0 Å². The molecule has 1 rings (SSSR count). The predicted octanol–water partition coefficient (Wildman–Crippen LogP) is 2.58. The van der Waals surface area contributed by atoms with Crippen LogP contribution < -0.4 is 10.1 Å². The maximum atomic E-state index is 11.8. The van der Waals surface area contributed by atoms with Gasteiger partial charge in [-0.05, 0) is 24.3 Å². The number of carbonyl (C=O) groups excluding carboxylic acids is 1. The zero-order valence-electron chi connectivity index (χ0n) is 10.2.